The highest BCUT2D eigenvalue weighted by Gasteiger charge is 1.87. The van der Waals surface area contributed by atoms with Crippen LogP contribution in [0.25, 0.3) is 0 Å². The van der Waals surface area contributed by atoms with Crippen molar-refractivity contribution in [1.82, 2.24) is 0 Å². The van der Waals surface area contributed by atoms with E-state index in [2.05, 4.69) is 24.3 Å². The van der Waals surface area contributed by atoms with Crippen LogP contribution in [-0.4, -0.2) is 0 Å². The molecule has 61 valence electrons. The molecule has 0 amide bonds. The first-order chi connectivity index (χ1) is 5.50. The molecule has 11 heavy (non-hydrogen) atoms. The lowest BCUT2D eigenvalue weighted by atomic mass is 10.1. The van der Waals surface area contributed by atoms with Crippen molar-refractivity contribution in [2.45, 2.75) is 44.9 Å². The molecule has 1 rings (SSSR count). The van der Waals surface area contributed by atoms with Crippen molar-refractivity contribution in [2.24, 2.45) is 0 Å². The van der Waals surface area contributed by atoms with Gasteiger partial charge in [0.05, 0.1) is 0 Å². The molecule has 0 aromatic heterocycles. The first-order valence-corrected chi connectivity index (χ1v) is 4.70. The molecule has 0 aromatic carbocycles. The zero-order valence-electron chi connectivity index (χ0n) is 7.18. The summed E-state index contributed by atoms with van der Waals surface area (Å²) in [6, 6.07) is 0. The van der Waals surface area contributed by atoms with Gasteiger partial charge in [0.1, 0.15) is 0 Å². The largest absolute Gasteiger partial charge is 0.0885 e. The van der Waals surface area contributed by atoms with E-state index >= 15 is 0 Å². The molecule has 0 unspecified atom stereocenters. The van der Waals surface area contributed by atoms with Crippen LogP contribution in [0.15, 0.2) is 18.2 Å². The average Bonchev–Trinajstić information content (AvgIpc) is 2.08. The van der Waals surface area contributed by atoms with Gasteiger partial charge in [-0.3, -0.25) is 0 Å². The van der Waals surface area contributed by atoms with Gasteiger partial charge in [-0.25, -0.2) is 0 Å². The summed E-state index contributed by atoms with van der Waals surface area (Å²) in [5.74, 6) is 0. The third kappa shape index (κ3) is 4.83. The lowest BCUT2D eigenvalue weighted by Crippen LogP contribution is -1.74. The molecule has 0 saturated carbocycles. The first kappa shape index (κ1) is 8.58. The Bertz CT molecular complexity index is 115. The van der Waals surface area contributed by atoms with Crippen LogP contribution in [0.3, 0.4) is 0 Å². The third-order valence-electron chi connectivity index (χ3n) is 1.98. The second kappa shape index (κ2) is 6.21. The van der Waals surface area contributed by atoms with Crippen molar-refractivity contribution in [1.29, 1.82) is 0 Å². The average molecular weight is 149 g/mol. The van der Waals surface area contributed by atoms with Crippen LogP contribution in [0.4, 0.5) is 0 Å². The van der Waals surface area contributed by atoms with E-state index in [9.17, 15) is 0 Å². The maximum absolute atomic E-state index is 3.32. The highest BCUT2D eigenvalue weighted by molar-refractivity contribution is 4.86. The van der Waals surface area contributed by atoms with Crippen molar-refractivity contribution in [3.8, 4) is 0 Å². The molecule has 0 spiro atoms. The molecule has 0 nitrogen and oxygen atoms in total. The van der Waals surface area contributed by atoms with Gasteiger partial charge in [0, 0.05) is 0 Å². The minimum atomic E-state index is 1.17. The summed E-state index contributed by atoms with van der Waals surface area (Å²) >= 11 is 0. The Labute approximate surface area is 70.0 Å². The van der Waals surface area contributed by atoms with Gasteiger partial charge in [-0.15, -0.1) is 0 Å². The zero-order chi connectivity index (χ0) is 7.78. The Morgan fingerprint density at radius 3 is 2.73 bits per heavy atom. The Balaban J connectivity index is 2.22. The number of hydrogen-bond acceptors (Lipinski definition) is 0. The van der Waals surface area contributed by atoms with Crippen molar-refractivity contribution >= 4 is 0 Å². The number of allylic oxidation sites excluding steroid dienone is 4. The van der Waals surface area contributed by atoms with Gasteiger partial charge in [0.25, 0.3) is 0 Å². The summed E-state index contributed by atoms with van der Waals surface area (Å²) in [6.45, 7) is 0. The SMILES string of the molecule is [C]1=CCCC=CCCCCC1. The molecule has 0 heterocycles. The smallest absolute Gasteiger partial charge is 0.0279 e. The molecular weight excluding hydrogens is 132 g/mol. The molecule has 0 atom stereocenters. The molecule has 0 fully saturated rings. The standard InChI is InChI=1S/C11H17/c1-2-4-6-8-10-11-9-7-5-3-1/h1-2,7H,3-6,8,10-11H2. The molecule has 0 aromatic rings. The Hall–Kier alpha value is -0.520. The lowest BCUT2D eigenvalue weighted by Gasteiger charge is -1.92. The van der Waals surface area contributed by atoms with Crippen LogP contribution in [0.5, 0.6) is 0 Å². The van der Waals surface area contributed by atoms with Gasteiger partial charge in [0.2, 0.25) is 0 Å². The summed E-state index contributed by atoms with van der Waals surface area (Å²) in [6.07, 6.45) is 19.0. The molecular formula is C11H17. The Morgan fingerprint density at radius 2 is 1.73 bits per heavy atom. The second-order valence-corrected chi connectivity index (χ2v) is 3.06. The minimum absolute atomic E-state index is 1.17. The van der Waals surface area contributed by atoms with Crippen LogP contribution in [0.1, 0.15) is 44.9 Å². The Morgan fingerprint density at radius 1 is 0.818 bits per heavy atom. The molecule has 1 radical (unpaired) electrons. The summed E-state index contributed by atoms with van der Waals surface area (Å²) in [5.41, 5.74) is 0. The van der Waals surface area contributed by atoms with E-state index in [1.54, 1.807) is 0 Å². The molecule has 0 saturated heterocycles. The molecule has 0 heteroatoms. The maximum atomic E-state index is 3.32. The molecule has 0 N–H and O–H groups in total. The van der Waals surface area contributed by atoms with Crippen LogP contribution in [0.2, 0.25) is 0 Å². The quantitative estimate of drug-likeness (QED) is 0.461. The molecule has 0 bridgehead atoms. The van der Waals surface area contributed by atoms with Crippen LogP contribution < -0.4 is 0 Å². The van der Waals surface area contributed by atoms with E-state index in [1.807, 2.05) is 0 Å². The summed E-state index contributed by atoms with van der Waals surface area (Å²) < 4.78 is 0. The highest BCUT2D eigenvalue weighted by atomic mass is 13.9. The van der Waals surface area contributed by atoms with Crippen LogP contribution >= 0.6 is 0 Å². The monoisotopic (exact) mass is 149 g/mol. The number of rotatable bonds is 0. The van der Waals surface area contributed by atoms with E-state index < -0.39 is 0 Å². The lowest BCUT2D eigenvalue weighted by molar-refractivity contribution is 0.691. The van der Waals surface area contributed by atoms with E-state index in [0.29, 0.717) is 0 Å². The molecule has 0 aliphatic heterocycles. The van der Waals surface area contributed by atoms with Crippen molar-refractivity contribution in [2.75, 3.05) is 0 Å². The van der Waals surface area contributed by atoms with Gasteiger partial charge in [0.15, 0.2) is 0 Å². The Kier molecular flexibility index (Phi) is 4.84. The fourth-order valence-corrected chi connectivity index (χ4v) is 1.29. The normalized spacial score (nSPS) is 21.1. The predicted molar refractivity (Wildman–Crippen MR) is 49.3 cm³/mol. The third-order valence-corrected chi connectivity index (χ3v) is 1.98. The number of hydrogen-bond donors (Lipinski definition) is 0. The van der Waals surface area contributed by atoms with Crippen LogP contribution in [-0.2, 0) is 0 Å². The zero-order valence-corrected chi connectivity index (χ0v) is 7.18. The topological polar surface area (TPSA) is 0 Å². The first-order valence-electron chi connectivity index (χ1n) is 4.70. The predicted octanol–water partition coefficient (Wildman–Crippen LogP) is 3.65. The van der Waals surface area contributed by atoms with Gasteiger partial charge >= 0.3 is 0 Å². The molecule has 1 aliphatic carbocycles. The minimum Gasteiger partial charge on any atom is -0.0885 e. The van der Waals surface area contributed by atoms with E-state index in [1.165, 1.54) is 44.9 Å². The highest BCUT2D eigenvalue weighted by Crippen LogP contribution is 2.06. The second-order valence-electron chi connectivity index (χ2n) is 3.06. The van der Waals surface area contributed by atoms with E-state index in [-0.39, 0.29) is 0 Å². The summed E-state index contributed by atoms with van der Waals surface area (Å²) in [5, 5.41) is 0. The van der Waals surface area contributed by atoms with Gasteiger partial charge in [-0.1, -0.05) is 24.6 Å². The maximum Gasteiger partial charge on any atom is -0.0279 e. The van der Waals surface area contributed by atoms with Gasteiger partial charge < -0.3 is 0 Å². The van der Waals surface area contributed by atoms with Gasteiger partial charge in [-0.2, -0.15) is 0 Å². The van der Waals surface area contributed by atoms with E-state index in [0.717, 1.165) is 0 Å². The van der Waals surface area contributed by atoms with E-state index in [4.69, 9.17) is 0 Å². The van der Waals surface area contributed by atoms with Crippen molar-refractivity contribution in [3.63, 3.8) is 0 Å². The molecule has 1 aliphatic rings. The fraction of sp³-hybridized carbons (Fsp3) is 0.636. The van der Waals surface area contributed by atoms with Crippen molar-refractivity contribution < 1.29 is 0 Å². The van der Waals surface area contributed by atoms with Crippen LogP contribution in [0, 0.1) is 6.08 Å². The fourth-order valence-electron chi connectivity index (χ4n) is 1.29. The van der Waals surface area contributed by atoms with Crippen molar-refractivity contribution in [3.05, 3.63) is 24.3 Å². The summed E-state index contributed by atoms with van der Waals surface area (Å²) in [7, 11) is 0. The summed E-state index contributed by atoms with van der Waals surface area (Å²) in [4.78, 5) is 0. The van der Waals surface area contributed by atoms with Gasteiger partial charge in [-0.05, 0) is 44.6 Å².